The van der Waals surface area contributed by atoms with Crippen LogP contribution in [-0.2, 0) is 32.5 Å². The Bertz CT molecular complexity index is 4210. The van der Waals surface area contributed by atoms with Crippen molar-refractivity contribution in [1.82, 2.24) is 4.57 Å². The zero-order valence-corrected chi connectivity index (χ0v) is 45.9. The first-order valence-electron chi connectivity index (χ1n) is 27.5. The summed E-state index contributed by atoms with van der Waals surface area (Å²) in [6.07, 6.45) is 2.38. The highest BCUT2D eigenvalue weighted by Crippen LogP contribution is 2.60. The van der Waals surface area contributed by atoms with Gasteiger partial charge >= 0.3 is 6.85 Å². The fraction of sp³-hybridized carbons (Fsp3) is 0.314. The van der Waals surface area contributed by atoms with Crippen LogP contribution in [0.5, 0.6) is 0 Å². The summed E-state index contributed by atoms with van der Waals surface area (Å²) in [6, 6.07) is 50.7. The normalized spacial score (nSPS) is 17.9. The van der Waals surface area contributed by atoms with Gasteiger partial charge in [-0.2, -0.15) is 0 Å². The maximum atomic E-state index is 7.40. The van der Waals surface area contributed by atoms with E-state index in [-0.39, 0.29) is 39.3 Å². The highest BCUT2D eigenvalue weighted by Gasteiger charge is 2.50. The number of hydrogen-bond donors (Lipinski definition) is 0. The molecule has 10 aromatic rings. The zero-order chi connectivity index (χ0) is 51.3. The maximum absolute atomic E-state index is 7.40. The van der Waals surface area contributed by atoms with Crippen LogP contribution in [0.1, 0.15) is 154 Å². The number of fused-ring (bicyclic) bond motifs is 20. The van der Waals surface area contributed by atoms with E-state index in [1.807, 2.05) is 0 Å². The second kappa shape index (κ2) is 13.7. The van der Waals surface area contributed by atoms with Gasteiger partial charge in [0.25, 0.3) is 0 Å². The molecule has 3 nitrogen and oxygen atoms in total. The topological polar surface area (TPSA) is 21.3 Å². The van der Waals surface area contributed by atoms with Crippen molar-refractivity contribution < 1.29 is 4.42 Å². The molecule has 5 aliphatic rings. The number of para-hydroxylation sites is 1. The van der Waals surface area contributed by atoms with Crippen molar-refractivity contribution in [3.63, 3.8) is 0 Å². The van der Waals surface area contributed by atoms with E-state index in [1.165, 1.54) is 151 Å². The van der Waals surface area contributed by atoms with E-state index in [0.29, 0.717) is 0 Å². The summed E-state index contributed by atoms with van der Waals surface area (Å²) >= 11 is 0. The van der Waals surface area contributed by atoms with Crippen LogP contribution in [0.25, 0.3) is 82.8 Å². The van der Waals surface area contributed by atoms with Gasteiger partial charge in [-0.05, 0) is 172 Å². The van der Waals surface area contributed by atoms with E-state index in [4.69, 9.17) is 4.42 Å². The molecule has 4 heterocycles. The van der Waals surface area contributed by atoms with Gasteiger partial charge < -0.3 is 13.8 Å². The highest BCUT2D eigenvalue weighted by molar-refractivity contribution is 6.94. The van der Waals surface area contributed by atoms with Crippen LogP contribution < -0.4 is 15.7 Å². The second-order valence-corrected chi connectivity index (χ2v) is 27.6. The largest absolute Gasteiger partial charge is 0.455 e. The summed E-state index contributed by atoms with van der Waals surface area (Å²) in [5, 5.41) is 4.86. The van der Waals surface area contributed by atoms with Crippen molar-refractivity contribution in [3.05, 3.63) is 172 Å². The first kappa shape index (κ1) is 44.7. The van der Waals surface area contributed by atoms with Crippen LogP contribution in [0.15, 0.2) is 132 Å². The fourth-order valence-corrected chi connectivity index (χ4v) is 15.1. The molecule has 0 saturated carbocycles. The second-order valence-electron chi connectivity index (χ2n) is 27.6. The Morgan fingerprint density at radius 3 is 1.81 bits per heavy atom. The van der Waals surface area contributed by atoms with Crippen LogP contribution in [0.4, 0.5) is 11.4 Å². The molecule has 15 rings (SSSR count). The smallest absolute Gasteiger partial charge is 0.333 e. The van der Waals surface area contributed by atoms with Crippen molar-refractivity contribution in [1.29, 1.82) is 0 Å². The third-order valence-electron chi connectivity index (χ3n) is 19.5. The number of benzene rings is 8. The Morgan fingerprint density at radius 1 is 0.486 bits per heavy atom. The first-order chi connectivity index (χ1) is 35.0. The van der Waals surface area contributed by atoms with Crippen LogP contribution in [0.2, 0.25) is 0 Å². The number of aromatic nitrogens is 1. The molecule has 8 aromatic carbocycles. The van der Waals surface area contributed by atoms with Gasteiger partial charge in [-0.15, -0.1) is 0 Å². The lowest BCUT2D eigenvalue weighted by Crippen LogP contribution is -2.60. The van der Waals surface area contributed by atoms with Crippen LogP contribution in [0.3, 0.4) is 0 Å². The summed E-state index contributed by atoms with van der Waals surface area (Å²) in [4.78, 5) is 2.77. The lowest BCUT2D eigenvalue weighted by Gasteiger charge is -2.43. The Morgan fingerprint density at radius 2 is 1.08 bits per heavy atom. The molecule has 2 aromatic heterocycles. The molecule has 0 atom stereocenters. The summed E-state index contributed by atoms with van der Waals surface area (Å²) in [5.74, 6) is 0. The van der Waals surface area contributed by atoms with Crippen molar-refractivity contribution in [3.8, 4) is 39.1 Å². The lowest BCUT2D eigenvalue weighted by molar-refractivity contribution is 0.331. The minimum absolute atomic E-state index is 0.00761. The summed E-state index contributed by atoms with van der Waals surface area (Å²) in [7, 11) is 0. The molecule has 366 valence electrons. The fourth-order valence-electron chi connectivity index (χ4n) is 15.1. The maximum Gasteiger partial charge on any atom is 0.333 e. The molecule has 0 radical (unpaired) electrons. The average Bonchev–Trinajstić information content (AvgIpc) is 4.04. The molecule has 2 aliphatic heterocycles. The van der Waals surface area contributed by atoms with Gasteiger partial charge in [0, 0.05) is 49.6 Å². The Labute approximate surface area is 437 Å². The third kappa shape index (κ3) is 5.50. The minimum Gasteiger partial charge on any atom is -0.455 e. The van der Waals surface area contributed by atoms with E-state index in [9.17, 15) is 0 Å². The van der Waals surface area contributed by atoms with Gasteiger partial charge in [-0.1, -0.05) is 170 Å². The summed E-state index contributed by atoms with van der Waals surface area (Å²) < 4.78 is 10.1. The highest BCUT2D eigenvalue weighted by atomic mass is 16.3. The predicted octanol–water partition coefficient (Wildman–Crippen LogP) is 17.5. The molecule has 0 fully saturated rings. The molecule has 74 heavy (non-hydrogen) atoms. The number of anilines is 2. The molecule has 4 heteroatoms. The van der Waals surface area contributed by atoms with Crippen molar-refractivity contribution in [2.45, 2.75) is 142 Å². The van der Waals surface area contributed by atoms with E-state index in [1.54, 1.807) is 0 Å². The monoisotopic (exact) mass is 963 g/mol. The zero-order valence-electron chi connectivity index (χ0n) is 45.9. The summed E-state index contributed by atoms with van der Waals surface area (Å²) in [5.41, 5.74) is 30.0. The molecule has 0 spiro atoms. The quantitative estimate of drug-likeness (QED) is 0.153. The van der Waals surface area contributed by atoms with Crippen molar-refractivity contribution >= 4 is 72.9 Å². The first-order valence-corrected chi connectivity index (χ1v) is 27.5. The summed E-state index contributed by atoms with van der Waals surface area (Å²) in [6.45, 7) is 33.6. The number of furan rings is 1. The molecule has 0 N–H and O–H groups in total. The van der Waals surface area contributed by atoms with Gasteiger partial charge in [-0.3, -0.25) is 0 Å². The molecular weight excluding hydrogens is 896 g/mol. The molecule has 3 aliphatic carbocycles. The van der Waals surface area contributed by atoms with Gasteiger partial charge in [0.15, 0.2) is 0 Å². The lowest BCUT2D eigenvalue weighted by atomic mass is 9.43. The molecule has 0 saturated heterocycles. The number of rotatable bonds is 1. The van der Waals surface area contributed by atoms with E-state index in [0.717, 1.165) is 11.2 Å². The number of nitrogens with zero attached hydrogens (tertiary/aromatic N) is 2. The molecule has 0 amide bonds. The Balaban J connectivity index is 1.15. The van der Waals surface area contributed by atoms with E-state index < -0.39 is 0 Å². The SMILES string of the molecule is CC(C)(C)c1ccc(N2B3c4cc5c(cc4-n4c6ccc(C(C)(C)C)cc6c6c7oc8ccccc8c7c(c3c64)-c3cc4c(cc32)-c2cc3c(cc2C4(C)C)C(C)(C)CCC3(C)C)C(C)(C)c2ccccc2-5)cc1. The molecule has 0 bridgehead atoms. The number of hydrogen-bond acceptors (Lipinski definition) is 2. The van der Waals surface area contributed by atoms with Crippen LogP contribution in [0, 0.1) is 0 Å². The van der Waals surface area contributed by atoms with E-state index >= 15 is 0 Å². The van der Waals surface area contributed by atoms with Gasteiger partial charge in [-0.25, -0.2) is 0 Å². The van der Waals surface area contributed by atoms with Gasteiger partial charge in [0.05, 0.1) is 16.4 Å². The molecule has 0 unspecified atom stereocenters. The van der Waals surface area contributed by atoms with Crippen LogP contribution >= 0.6 is 0 Å². The third-order valence-corrected chi connectivity index (χ3v) is 19.5. The van der Waals surface area contributed by atoms with Gasteiger partial charge in [0.1, 0.15) is 11.2 Å². The molecular formula is C70H67BN2O. The minimum atomic E-state index is -0.229. The average molecular weight is 963 g/mol. The Kier molecular flexibility index (Phi) is 8.29. The Hall–Kier alpha value is -6.78. The van der Waals surface area contributed by atoms with Crippen LogP contribution in [-0.4, -0.2) is 11.4 Å². The standard InChI is InChI=1S/C70H67BN2O/c1-65(2,3)38-23-26-40(27-24-38)73-56-35-45-43-32-52-53(68(9,10)30-29-67(52,7)8)36-50(43)70(13,14)49(45)33-47(56)59-60-42-20-16-18-22-58(42)74-64(60)61-46-31-39(66(4,5)6)25-28-55(46)72-57-37-51-44(34-54(57)71(73)62(59)63(61)72)41-19-15-17-21-48(41)69(51,11)12/h15-28,31-37H,29-30H2,1-14H3. The predicted molar refractivity (Wildman–Crippen MR) is 315 cm³/mol. The van der Waals surface area contributed by atoms with Crippen molar-refractivity contribution in [2.24, 2.45) is 0 Å². The van der Waals surface area contributed by atoms with Crippen molar-refractivity contribution in [2.75, 3.05) is 4.81 Å². The van der Waals surface area contributed by atoms with Gasteiger partial charge in [0.2, 0.25) is 0 Å². The van der Waals surface area contributed by atoms with E-state index in [2.05, 4.69) is 234 Å².